The molecule has 0 bridgehead atoms. The molecule has 1 aromatic carbocycles. The molecule has 0 saturated carbocycles. The van der Waals surface area contributed by atoms with Gasteiger partial charge in [0.05, 0.1) is 12.7 Å². The Morgan fingerprint density at radius 1 is 1.06 bits per heavy atom. The van der Waals surface area contributed by atoms with Crippen LogP contribution in [-0.4, -0.2) is 19.5 Å². The average Bonchev–Trinajstić information content (AvgIpc) is 3.06. The van der Waals surface area contributed by atoms with Gasteiger partial charge in [0.15, 0.2) is 0 Å². The molecule has 0 spiro atoms. The molecule has 0 saturated heterocycles. The lowest BCUT2D eigenvalue weighted by molar-refractivity contribution is 0.797. The predicted molar refractivity (Wildman–Crippen MR) is 66.4 cm³/mol. The number of nitrogens with one attached hydrogen (secondary N) is 1. The molecule has 0 atom stereocenters. The molecule has 3 rings (SSSR count). The number of imidazole rings is 2. The van der Waals surface area contributed by atoms with Gasteiger partial charge in [0.2, 0.25) is 0 Å². The molecular weight excluding hydrogens is 212 g/mol. The number of benzene rings is 1. The maximum Gasteiger partial charge on any atom is 0.0949 e. The van der Waals surface area contributed by atoms with Crippen molar-refractivity contribution in [3.8, 4) is 0 Å². The van der Waals surface area contributed by atoms with E-state index in [4.69, 9.17) is 0 Å². The first kappa shape index (κ1) is 11.1. The summed E-state index contributed by atoms with van der Waals surface area (Å²) in [5, 5.41) is 0. The van der Waals surface area contributed by atoms with Gasteiger partial charge in [0.25, 0.3) is 0 Å². The third kappa shape index (κ3) is 3.95. The fourth-order valence-corrected chi connectivity index (χ4v) is 1.39. The Labute approximate surface area is 100.0 Å². The van der Waals surface area contributed by atoms with Crippen LogP contribution >= 0.6 is 0 Å². The quantitative estimate of drug-likeness (QED) is 0.729. The van der Waals surface area contributed by atoms with Crippen molar-refractivity contribution in [2.24, 2.45) is 0 Å². The van der Waals surface area contributed by atoms with Gasteiger partial charge in [-0.3, -0.25) is 0 Å². The first-order valence-electron chi connectivity index (χ1n) is 5.37. The topological polar surface area (TPSA) is 46.5 Å². The van der Waals surface area contributed by atoms with Crippen molar-refractivity contribution >= 4 is 0 Å². The highest BCUT2D eigenvalue weighted by Gasteiger charge is 1.91. The van der Waals surface area contributed by atoms with Gasteiger partial charge in [0.1, 0.15) is 0 Å². The lowest BCUT2D eigenvalue weighted by Crippen LogP contribution is -1.95. The van der Waals surface area contributed by atoms with Gasteiger partial charge in [0, 0.05) is 31.3 Å². The highest BCUT2D eigenvalue weighted by Crippen LogP contribution is 2.00. The van der Waals surface area contributed by atoms with Gasteiger partial charge in [-0.15, -0.1) is 0 Å². The second-order valence-corrected chi connectivity index (χ2v) is 3.48. The highest BCUT2D eigenvalue weighted by atomic mass is 15.0. The van der Waals surface area contributed by atoms with E-state index in [1.807, 2.05) is 30.7 Å². The van der Waals surface area contributed by atoms with E-state index in [9.17, 15) is 0 Å². The van der Waals surface area contributed by atoms with Crippen molar-refractivity contribution in [1.29, 1.82) is 0 Å². The maximum absolute atomic E-state index is 3.98. The van der Waals surface area contributed by atoms with Crippen LogP contribution in [0.2, 0.25) is 0 Å². The lowest BCUT2D eigenvalue weighted by Gasteiger charge is -2.00. The van der Waals surface area contributed by atoms with Crippen molar-refractivity contribution in [2.45, 2.75) is 6.54 Å². The molecule has 86 valence electrons. The van der Waals surface area contributed by atoms with Crippen molar-refractivity contribution in [1.82, 2.24) is 19.5 Å². The van der Waals surface area contributed by atoms with E-state index in [0.717, 1.165) is 6.54 Å². The largest absolute Gasteiger partial charge is 0.351 e. The van der Waals surface area contributed by atoms with E-state index in [0.29, 0.717) is 0 Å². The zero-order chi connectivity index (χ0) is 11.8. The molecule has 3 aromatic rings. The van der Waals surface area contributed by atoms with E-state index in [1.165, 1.54) is 5.56 Å². The number of aromatic nitrogens is 4. The fraction of sp³-hybridized carbons (Fsp3) is 0.0769. The first-order valence-corrected chi connectivity index (χ1v) is 5.37. The van der Waals surface area contributed by atoms with Crippen LogP contribution in [0.3, 0.4) is 0 Å². The Kier molecular flexibility index (Phi) is 4.11. The molecule has 4 heteroatoms. The summed E-state index contributed by atoms with van der Waals surface area (Å²) in [4.78, 5) is 10.4. The molecule has 2 aromatic heterocycles. The number of nitrogens with zero attached hydrogens (tertiary/aromatic N) is 3. The predicted octanol–water partition coefficient (Wildman–Crippen LogP) is 2.34. The number of H-pyrrole nitrogens is 1. The maximum atomic E-state index is 3.98. The van der Waals surface area contributed by atoms with Gasteiger partial charge in [-0.2, -0.15) is 0 Å². The van der Waals surface area contributed by atoms with E-state index in [-0.39, 0.29) is 0 Å². The summed E-state index contributed by atoms with van der Waals surface area (Å²) in [6, 6.07) is 10.3. The summed E-state index contributed by atoms with van der Waals surface area (Å²) in [5.41, 5.74) is 1.30. The van der Waals surface area contributed by atoms with Gasteiger partial charge in [-0.25, -0.2) is 9.97 Å². The molecule has 0 aliphatic carbocycles. The molecule has 0 fully saturated rings. The van der Waals surface area contributed by atoms with Gasteiger partial charge in [-0.05, 0) is 5.56 Å². The molecule has 0 aliphatic rings. The van der Waals surface area contributed by atoms with Crippen molar-refractivity contribution in [3.05, 3.63) is 73.3 Å². The van der Waals surface area contributed by atoms with Crippen molar-refractivity contribution in [2.75, 3.05) is 0 Å². The monoisotopic (exact) mass is 226 g/mol. The summed E-state index contributed by atoms with van der Waals surface area (Å²) in [6.45, 7) is 0.904. The Balaban J connectivity index is 0.000000181. The molecule has 0 amide bonds. The van der Waals surface area contributed by atoms with E-state index in [2.05, 4.69) is 31.7 Å². The lowest BCUT2D eigenvalue weighted by atomic mass is 10.2. The SMILES string of the molecule is c1c[nH]cn1.c1ccc(Cn2ccnc2)cc1. The summed E-state index contributed by atoms with van der Waals surface area (Å²) < 4.78 is 2.05. The molecule has 2 heterocycles. The second-order valence-electron chi connectivity index (χ2n) is 3.48. The Bertz CT molecular complexity index is 468. The minimum Gasteiger partial charge on any atom is -0.351 e. The summed E-state index contributed by atoms with van der Waals surface area (Å²) in [7, 11) is 0. The summed E-state index contributed by atoms with van der Waals surface area (Å²) in [6.07, 6.45) is 10.7. The van der Waals surface area contributed by atoms with Gasteiger partial charge >= 0.3 is 0 Å². The third-order valence-corrected chi connectivity index (χ3v) is 2.17. The third-order valence-electron chi connectivity index (χ3n) is 2.17. The van der Waals surface area contributed by atoms with Crippen LogP contribution in [0.5, 0.6) is 0 Å². The van der Waals surface area contributed by atoms with E-state index in [1.54, 1.807) is 24.9 Å². The molecule has 1 N–H and O–H groups in total. The minimum atomic E-state index is 0.904. The Morgan fingerprint density at radius 3 is 2.47 bits per heavy atom. The molecule has 0 radical (unpaired) electrons. The number of aromatic amines is 1. The Morgan fingerprint density at radius 2 is 1.94 bits per heavy atom. The molecule has 0 aliphatic heterocycles. The van der Waals surface area contributed by atoms with Crippen molar-refractivity contribution < 1.29 is 0 Å². The molecule has 17 heavy (non-hydrogen) atoms. The number of hydrogen-bond acceptors (Lipinski definition) is 2. The summed E-state index contributed by atoms with van der Waals surface area (Å²) >= 11 is 0. The van der Waals surface area contributed by atoms with E-state index < -0.39 is 0 Å². The van der Waals surface area contributed by atoms with Crippen LogP contribution in [0.25, 0.3) is 0 Å². The Hall–Kier alpha value is -2.36. The smallest absolute Gasteiger partial charge is 0.0949 e. The minimum absolute atomic E-state index is 0.904. The van der Waals surface area contributed by atoms with Crippen LogP contribution < -0.4 is 0 Å². The summed E-state index contributed by atoms with van der Waals surface area (Å²) in [5.74, 6) is 0. The zero-order valence-corrected chi connectivity index (χ0v) is 9.40. The molecule has 4 nitrogen and oxygen atoms in total. The van der Waals surface area contributed by atoms with Crippen LogP contribution in [0.15, 0.2) is 67.8 Å². The van der Waals surface area contributed by atoms with Gasteiger partial charge < -0.3 is 9.55 Å². The van der Waals surface area contributed by atoms with Crippen LogP contribution in [0, 0.1) is 0 Å². The molecule has 0 unspecified atom stereocenters. The van der Waals surface area contributed by atoms with Gasteiger partial charge in [-0.1, -0.05) is 30.3 Å². The van der Waals surface area contributed by atoms with E-state index >= 15 is 0 Å². The van der Waals surface area contributed by atoms with Crippen LogP contribution in [0.4, 0.5) is 0 Å². The highest BCUT2D eigenvalue weighted by molar-refractivity contribution is 5.14. The second kappa shape index (κ2) is 6.27. The fourth-order valence-electron chi connectivity index (χ4n) is 1.39. The molecular formula is C13H14N4. The van der Waals surface area contributed by atoms with Crippen LogP contribution in [-0.2, 0) is 6.54 Å². The zero-order valence-electron chi connectivity index (χ0n) is 9.40. The van der Waals surface area contributed by atoms with Crippen molar-refractivity contribution in [3.63, 3.8) is 0 Å². The standard InChI is InChI=1S/C10H10N2.C3H4N2/c1-2-4-10(5-3-1)8-12-7-6-11-9-12;1-2-5-3-4-1/h1-7,9H,8H2;1-3H,(H,4,5). The van der Waals surface area contributed by atoms with Crippen LogP contribution in [0.1, 0.15) is 5.56 Å². The number of rotatable bonds is 2. The first-order chi connectivity index (χ1) is 8.45. The normalized spacial score (nSPS) is 9.41. The number of hydrogen-bond donors (Lipinski definition) is 1. The average molecular weight is 226 g/mol.